The molecule has 100 valence electrons. The van der Waals surface area contributed by atoms with Gasteiger partial charge < -0.3 is 19.7 Å². The number of hydrogen-bond acceptors (Lipinski definition) is 6. The molecule has 1 aromatic rings. The van der Waals surface area contributed by atoms with Crippen LogP contribution in [0.1, 0.15) is 5.56 Å². The first kappa shape index (κ1) is 13.0. The Kier molecular flexibility index (Phi) is 4.33. The molecule has 0 radical (unpaired) electrons. The van der Waals surface area contributed by atoms with Gasteiger partial charge in [-0.25, -0.2) is 9.97 Å². The molecule has 0 aliphatic carbocycles. The van der Waals surface area contributed by atoms with Gasteiger partial charge >= 0.3 is 0 Å². The highest BCUT2D eigenvalue weighted by atomic mass is 16.5. The lowest BCUT2D eigenvalue weighted by molar-refractivity contribution is 0.0938. The van der Waals surface area contributed by atoms with Gasteiger partial charge in [0.1, 0.15) is 12.1 Å². The minimum absolute atomic E-state index is 0.294. The van der Waals surface area contributed by atoms with Gasteiger partial charge in [0.15, 0.2) is 0 Å². The number of ether oxygens (including phenoxy) is 2. The lowest BCUT2D eigenvalue weighted by Gasteiger charge is -2.37. The summed E-state index contributed by atoms with van der Waals surface area (Å²) in [7, 11) is 3.57. The zero-order chi connectivity index (χ0) is 13.0. The van der Waals surface area contributed by atoms with Gasteiger partial charge in [0.05, 0.1) is 31.9 Å². The molecule has 1 aliphatic heterocycles. The third-order valence-electron chi connectivity index (χ3n) is 3.14. The van der Waals surface area contributed by atoms with Crippen LogP contribution in [0.4, 0.5) is 5.82 Å². The molecule has 1 aromatic heterocycles. The summed E-state index contributed by atoms with van der Waals surface area (Å²) in [6, 6.07) is 0.294. The lowest BCUT2D eigenvalue weighted by Crippen LogP contribution is -2.50. The van der Waals surface area contributed by atoms with Crippen molar-refractivity contribution in [3.63, 3.8) is 0 Å². The van der Waals surface area contributed by atoms with Gasteiger partial charge in [-0.05, 0) is 14.0 Å². The Morgan fingerprint density at radius 2 is 2.39 bits per heavy atom. The van der Waals surface area contributed by atoms with Crippen molar-refractivity contribution in [1.29, 1.82) is 0 Å². The van der Waals surface area contributed by atoms with Crippen LogP contribution in [0, 0.1) is 6.92 Å². The molecule has 0 amide bonds. The topological polar surface area (TPSA) is 59.5 Å². The van der Waals surface area contributed by atoms with Crippen molar-refractivity contribution >= 4 is 5.82 Å². The summed E-state index contributed by atoms with van der Waals surface area (Å²) >= 11 is 0. The van der Waals surface area contributed by atoms with Gasteiger partial charge in [0.25, 0.3) is 0 Å². The quantitative estimate of drug-likeness (QED) is 0.827. The van der Waals surface area contributed by atoms with Crippen molar-refractivity contribution in [1.82, 2.24) is 15.3 Å². The third kappa shape index (κ3) is 2.54. The molecule has 18 heavy (non-hydrogen) atoms. The van der Waals surface area contributed by atoms with Gasteiger partial charge in [-0.1, -0.05) is 0 Å². The Morgan fingerprint density at radius 3 is 3.11 bits per heavy atom. The number of nitrogens with zero attached hydrogens (tertiary/aromatic N) is 3. The van der Waals surface area contributed by atoms with Crippen LogP contribution < -0.4 is 15.0 Å². The van der Waals surface area contributed by atoms with Crippen LogP contribution in [-0.4, -0.2) is 56.5 Å². The number of likely N-dealkylation sites (N-methyl/N-ethyl adjacent to an activating group) is 1. The van der Waals surface area contributed by atoms with Crippen molar-refractivity contribution in [2.75, 3.05) is 45.4 Å². The van der Waals surface area contributed by atoms with Crippen LogP contribution in [0.3, 0.4) is 0 Å². The van der Waals surface area contributed by atoms with E-state index in [-0.39, 0.29) is 0 Å². The third-order valence-corrected chi connectivity index (χ3v) is 3.14. The molecular formula is C12H20N4O2. The molecule has 1 atom stereocenters. The first-order chi connectivity index (χ1) is 8.77. The fourth-order valence-electron chi connectivity index (χ4n) is 2.26. The Morgan fingerprint density at radius 1 is 1.56 bits per heavy atom. The Balaban J connectivity index is 2.27. The van der Waals surface area contributed by atoms with E-state index in [0.717, 1.165) is 31.1 Å². The fourth-order valence-corrected chi connectivity index (χ4v) is 2.26. The maximum Gasteiger partial charge on any atom is 0.221 e. The molecule has 1 aliphatic rings. The van der Waals surface area contributed by atoms with Crippen LogP contribution in [0.25, 0.3) is 0 Å². The maximum atomic E-state index is 5.53. The van der Waals surface area contributed by atoms with Gasteiger partial charge in [-0.3, -0.25) is 0 Å². The van der Waals surface area contributed by atoms with E-state index in [9.17, 15) is 0 Å². The standard InChI is InChI=1S/C12H20N4O2/c1-9-11(14-8-15-12(9)17-3)16-4-5-18-7-10(16)6-13-2/h8,10,13H,4-7H2,1-3H3. The predicted molar refractivity (Wildman–Crippen MR) is 69.2 cm³/mol. The molecule has 1 unspecified atom stereocenters. The van der Waals surface area contributed by atoms with E-state index in [4.69, 9.17) is 9.47 Å². The predicted octanol–water partition coefficient (Wildman–Crippen LogP) is 0.218. The number of hydrogen-bond donors (Lipinski definition) is 1. The fraction of sp³-hybridized carbons (Fsp3) is 0.667. The van der Waals surface area contributed by atoms with E-state index >= 15 is 0 Å². The number of methoxy groups -OCH3 is 1. The number of anilines is 1. The van der Waals surface area contributed by atoms with Crippen LogP contribution in [-0.2, 0) is 4.74 Å². The van der Waals surface area contributed by atoms with Crippen LogP contribution in [0.15, 0.2) is 6.33 Å². The first-order valence-corrected chi connectivity index (χ1v) is 6.12. The van der Waals surface area contributed by atoms with Gasteiger partial charge in [-0.15, -0.1) is 0 Å². The number of nitrogens with one attached hydrogen (secondary N) is 1. The van der Waals surface area contributed by atoms with Crippen LogP contribution >= 0.6 is 0 Å². The average Bonchev–Trinajstić information content (AvgIpc) is 2.40. The van der Waals surface area contributed by atoms with E-state index in [1.165, 1.54) is 0 Å². The zero-order valence-electron chi connectivity index (χ0n) is 11.1. The van der Waals surface area contributed by atoms with Gasteiger partial charge in [0, 0.05) is 13.1 Å². The first-order valence-electron chi connectivity index (χ1n) is 6.12. The van der Waals surface area contributed by atoms with Crippen LogP contribution in [0.2, 0.25) is 0 Å². The molecule has 1 saturated heterocycles. The van der Waals surface area contributed by atoms with E-state index in [1.54, 1.807) is 13.4 Å². The van der Waals surface area contributed by atoms with Gasteiger partial charge in [-0.2, -0.15) is 0 Å². The molecule has 0 aromatic carbocycles. The maximum absolute atomic E-state index is 5.53. The normalized spacial score (nSPS) is 19.9. The summed E-state index contributed by atoms with van der Waals surface area (Å²) in [6.07, 6.45) is 1.55. The molecule has 2 rings (SSSR count). The number of aromatic nitrogens is 2. The molecule has 1 fully saturated rings. The highest BCUT2D eigenvalue weighted by Crippen LogP contribution is 2.26. The molecule has 1 N–H and O–H groups in total. The summed E-state index contributed by atoms with van der Waals surface area (Å²) in [6.45, 7) is 5.14. The van der Waals surface area contributed by atoms with Crippen molar-refractivity contribution < 1.29 is 9.47 Å². The van der Waals surface area contributed by atoms with E-state index < -0.39 is 0 Å². The number of rotatable bonds is 4. The molecule has 2 heterocycles. The Hall–Kier alpha value is -1.40. The summed E-state index contributed by atoms with van der Waals surface area (Å²) in [4.78, 5) is 10.8. The second-order valence-corrected chi connectivity index (χ2v) is 4.31. The van der Waals surface area contributed by atoms with Crippen molar-refractivity contribution in [3.8, 4) is 5.88 Å². The van der Waals surface area contributed by atoms with Crippen molar-refractivity contribution in [2.24, 2.45) is 0 Å². The van der Waals surface area contributed by atoms with Crippen molar-refractivity contribution in [2.45, 2.75) is 13.0 Å². The second kappa shape index (κ2) is 5.97. The lowest BCUT2D eigenvalue weighted by atomic mass is 10.2. The molecular weight excluding hydrogens is 232 g/mol. The van der Waals surface area contributed by atoms with E-state index in [2.05, 4.69) is 20.2 Å². The minimum atomic E-state index is 0.294. The molecule has 6 heteroatoms. The summed E-state index contributed by atoms with van der Waals surface area (Å²) < 4.78 is 10.8. The van der Waals surface area contributed by atoms with Crippen LogP contribution in [0.5, 0.6) is 5.88 Å². The van der Waals surface area contributed by atoms with E-state index in [1.807, 2.05) is 14.0 Å². The summed E-state index contributed by atoms with van der Waals surface area (Å²) in [5.41, 5.74) is 0.975. The Bertz CT molecular complexity index is 398. The monoisotopic (exact) mass is 252 g/mol. The van der Waals surface area contributed by atoms with Gasteiger partial charge in [0.2, 0.25) is 5.88 Å². The molecule has 6 nitrogen and oxygen atoms in total. The molecule has 0 saturated carbocycles. The molecule has 0 bridgehead atoms. The zero-order valence-corrected chi connectivity index (χ0v) is 11.1. The average molecular weight is 252 g/mol. The largest absolute Gasteiger partial charge is 0.481 e. The highest BCUT2D eigenvalue weighted by molar-refractivity contribution is 5.51. The smallest absolute Gasteiger partial charge is 0.221 e. The minimum Gasteiger partial charge on any atom is -0.481 e. The second-order valence-electron chi connectivity index (χ2n) is 4.31. The SMILES string of the molecule is CNCC1COCCN1c1ncnc(OC)c1C. The number of morpholine rings is 1. The molecule has 0 spiro atoms. The summed E-state index contributed by atoms with van der Waals surface area (Å²) in [5, 5.41) is 3.19. The van der Waals surface area contributed by atoms with E-state index in [0.29, 0.717) is 18.5 Å². The van der Waals surface area contributed by atoms with Crippen molar-refractivity contribution in [3.05, 3.63) is 11.9 Å². The Labute approximate surface area is 107 Å². The highest BCUT2D eigenvalue weighted by Gasteiger charge is 2.25. The summed E-state index contributed by atoms with van der Waals surface area (Å²) in [5.74, 6) is 1.57.